The van der Waals surface area contributed by atoms with Crippen molar-refractivity contribution in [3.8, 4) is 0 Å². The second-order valence-electron chi connectivity index (χ2n) is 10.6. The molecule has 2 bridgehead atoms. The average Bonchev–Trinajstić information content (AvgIpc) is 2.73. The summed E-state index contributed by atoms with van der Waals surface area (Å²) in [7, 11) is 0. The lowest BCUT2D eigenvalue weighted by Crippen LogP contribution is -2.71. The second kappa shape index (κ2) is 7.47. The summed E-state index contributed by atoms with van der Waals surface area (Å²) in [6.07, 6.45) is 1.72. The van der Waals surface area contributed by atoms with Gasteiger partial charge in [0.05, 0.1) is 22.5 Å². The molecule has 3 aliphatic carbocycles. The van der Waals surface area contributed by atoms with Crippen molar-refractivity contribution in [2.45, 2.75) is 75.7 Å². The van der Waals surface area contributed by atoms with Crippen LogP contribution in [0, 0.1) is 18.6 Å². The highest BCUT2D eigenvalue weighted by Gasteiger charge is 2.70. The molecule has 192 valence electrons. The Morgan fingerprint density at radius 2 is 1.78 bits per heavy atom. The molecule has 1 atom stereocenters. The third-order valence-electron chi connectivity index (χ3n) is 7.33. The number of nitrogens with one attached hydrogen (secondary N) is 1. The lowest BCUT2D eigenvalue weighted by atomic mass is 9.47. The first-order valence-electron chi connectivity index (χ1n) is 11.5. The SMILES string of the molecule is Cc1nc(N[C@H](C)c2cccc(C(F)(F)C(C)(C)O)c2F)c2cn(C34CC(F)(C3)C4)c(=O)c(F)c2n1. The standard InChI is InChI=1S/C25H25F5N4O2/c1-12(14-6-5-7-16(17(14)26)25(29,30)22(3,4)36)31-20-15-8-34(24-9-23(28,10-24)11-24)21(35)18(27)19(15)32-13(2)33-20/h5-8,12,36H,9-11H2,1-4H3,(H,31,32,33)/t12-,23?,24?/m1/s1. The summed E-state index contributed by atoms with van der Waals surface area (Å²) in [6.45, 7) is 4.77. The maximum Gasteiger partial charge on any atom is 0.303 e. The average molecular weight is 508 g/mol. The van der Waals surface area contributed by atoms with Crippen LogP contribution in [0.3, 0.4) is 0 Å². The molecule has 0 saturated heterocycles. The summed E-state index contributed by atoms with van der Waals surface area (Å²) >= 11 is 0. The van der Waals surface area contributed by atoms with Crippen LogP contribution in [0.4, 0.5) is 27.8 Å². The van der Waals surface area contributed by atoms with Gasteiger partial charge in [-0.05, 0) is 33.8 Å². The lowest BCUT2D eigenvalue weighted by molar-refractivity contribution is -0.199. The number of fused-ring (bicyclic) bond motifs is 1. The Hall–Kier alpha value is -3.08. The maximum absolute atomic E-state index is 15.3. The van der Waals surface area contributed by atoms with Crippen LogP contribution in [-0.4, -0.2) is 30.9 Å². The number of aromatic nitrogens is 3. The molecule has 1 aromatic carbocycles. The zero-order valence-electron chi connectivity index (χ0n) is 20.1. The summed E-state index contributed by atoms with van der Waals surface area (Å²) < 4.78 is 75.2. The molecule has 6 nitrogen and oxygen atoms in total. The van der Waals surface area contributed by atoms with Crippen molar-refractivity contribution in [2.75, 3.05) is 5.32 Å². The molecule has 3 aliphatic rings. The van der Waals surface area contributed by atoms with Gasteiger partial charge in [-0.2, -0.15) is 13.2 Å². The molecule has 36 heavy (non-hydrogen) atoms. The fourth-order valence-corrected chi connectivity index (χ4v) is 5.34. The zero-order valence-corrected chi connectivity index (χ0v) is 20.1. The van der Waals surface area contributed by atoms with E-state index in [4.69, 9.17) is 0 Å². The van der Waals surface area contributed by atoms with Crippen LogP contribution >= 0.6 is 0 Å². The first-order valence-corrected chi connectivity index (χ1v) is 11.5. The Morgan fingerprint density at radius 3 is 2.36 bits per heavy atom. The predicted molar refractivity (Wildman–Crippen MR) is 123 cm³/mol. The molecule has 0 unspecified atom stereocenters. The van der Waals surface area contributed by atoms with Crippen molar-refractivity contribution >= 4 is 16.7 Å². The van der Waals surface area contributed by atoms with Gasteiger partial charge in [-0.15, -0.1) is 0 Å². The van der Waals surface area contributed by atoms with Crippen molar-refractivity contribution in [1.82, 2.24) is 14.5 Å². The van der Waals surface area contributed by atoms with E-state index in [2.05, 4.69) is 15.3 Å². The topological polar surface area (TPSA) is 80.0 Å². The number of pyridine rings is 1. The van der Waals surface area contributed by atoms with E-state index in [0.717, 1.165) is 19.9 Å². The lowest BCUT2D eigenvalue weighted by Gasteiger charge is -2.66. The summed E-state index contributed by atoms with van der Waals surface area (Å²) in [6, 6.07) is 2.55. The van der Waals surface area contributed by atoms with Crippen molar-refractivity contribution in [2.24, 2.45) is 0 Å². The van der Waals surface area contributed by atoms with E-state index in [1.807, 2.05) is 0 Å². The smallest absolute Gasteiger partial charge is 0.303 e. The van der Waals surface area contributed by atoms with E-state index in [0.29, 0.717) is 0 Å². The molecule has 3 saturated carbocycles. The number of rotatable bonds is 6. The van der Waals surface area contributed by atoms with Gasteiger partial charge in [-0.3, -0.25) is 4.79 Å². The minimum absolute atomic E-state index is 0.0678. The summed E-state index contributed by atoms with van der Waals surface area (Å²) in [5.41, 5.74) is -6.88. The molecule has 0 aliphatic heterocycles. The minimum Gasteiger partial charge on any atom is -0.384 e. The van der Waals surface area contributed by atoms with Gasteiger partial charge in [0.15, 0.2) is 0 Å². The monoisotopic (exact) mass is 508 g/mol. The number of benzene rings is 1. The molecule has 3 fully saturated rings. The Labute approximate surface area is 203 Å². The predicted octanol–water partition coefficient (Wildman–Crippen LogP) is 5.02. The van der Waals surface area contributed by atoms with Crippen LogP contribution < -0.4 is 10.9 Å². The Bertz CT molecular complexity index is 1440. The molecule has 2 aromatic heterocycles. The highest BCUT2D eigenvalue weighted by Crippen LogP contribution is 2.67. The van der Waals surface area contributed by atoms with Crippen LogP contribution in [0.25, 0.3) is 10.9 Å². The second-order valence-corrected chi connectivity index (χ2v) is 10.6. The molecule has 6 rings (SSSR count). The number of aryl methyl sites for hydroxylation is 1. The van der Waals surface area contributed by atoms with Gasteiger partial charge in [0.2, 0.25) is 5.82 Å². The van der Waals surface area contributed by atoms with Gasteiger partial charge in [-0.25, -0.2) is 18.7 Å². The molecule has 0 radical (unpaired) electrons. The Morgan fingerprint density at radius 1 is 1.14 bits per heavy atom. The third kappa shape index (κ3) is 3.42. The third-order valence-corrected chi connectivity index (χ3v) is 7.33. The number of hydrogen-bond acceptors (Lipinski definition) is 5. The van der Waals surface area contributed by atoms with Crippen molar-refractivity contribution in [1.29, 1.82) is 0 Å². The molecule has 2 heterocycles. The summed E-state index contributed by atoms with van der Waals surface area (Å²) in [5.74, 6) is -5.99. The summed E-state index contributed by atoms with van der Waals surface area (Å²) in [5, 5.41) is 12.9. The summed E-state index contributed by atoms with van der Waals surface area (Å²) in [4.78, 5) is 21.0. The fraction of sp³-hybridized carbons (Fsp3) is 0.480. The van der Waals surface area contributed by atoms with E-state index < -0.39 is 51.5 Å². The quantitative estimate of drug-likeness (QED) is 0.458. The van der Waals surface area contributed by atoms with Crippen LogP contribution in [0.5, 0.6) is 0 Å². The normalized spacial score (nSPS) is 24.3. The van der Waals surface area contributed by atoms with E-state index in [1.54, 1.807) is 0 Å². The van der Waals surface area contributed by atoms with Crippen molar-refractivity contribution in [3.05, 3.63) is 63.3 Å². The number of alkyl halides is 3. The molecular weight excluding hydrogens is 483 g/mol. The first-order chi connectivity index (χ1) is 16.6. The molecule has 3 aromatic rings. The van der Waals surface area contributed by atoms with E-state index in [9.17, 15) is 23.1 Å². The Kier molecular flexibility index (Phi) is 5.11. The number of halogens is 5. The number of hydrogen-bond donors (Lipinski definition) is 2. The zero-order chi connectivity index (χ0) is 26.4. The van der Waals surface area contributed by atoms with Crippen LogP contribution in [0.15, 0.2) is 29.2 Å². The van der Waals surface area contributed by atoms with Crippen LogP contribution in [-0.2, 0) is 11.5 Å². The van der Waals surface area contributed by atoms with Gasteiger partial charge >= 0.3 is 5.92 Å². The molecular formula is C25H25F5N4O2. The maximum atomic E-state index is 15.3. The van der Waals surface area contributed by atoms with Crippen LogP contribution in [0.2, 0.25) is 0 Å². The number of aliphatic hydroxyl groups is 1. The van der Waals surface area contributed by atoms with Gasteiger partial charge in [0.1, 0.15) is 34.2 Å². The molecule has 0 spiro atoms. The molecule has 2 N–H and O–H groups in total. The van der Waals surface area contributed by atoms with Gasteiger partial charge < -0.3 is 15.0 Å². The largest absolute Gasteiger partial charge is 0.384 e. The van der Waals surface area contributed by atoms with Crippen molar-refractivity contribution in [3.63, 3.8) is 0 Å². The van der Waals surface area contributed by atoms with Gasteiger partial charge in [0.25, 0.3) is 5.56 Å². The Balaban J connectivity index is 1.57. The highest BCUT2D eigenvalue weighted by atomic mass is 19.3. The van der Waals surface area contributed by atoms with Gasteiger partial charge in [0, 0.05) is 31.0 Å². The van der Waals surface area contributed by atoms with E-state index >= 15 is 8.78 Å². The first kappa shape index (κ1) is 24.6. The van der Waals surface area contributed by atoms with E-state index in [-0.39, 0.29) is 47.4 Å². The molecule has 0 amide bonds. The fourth-order valence-electron chi connectivity index (χ4n) is 5.34. The highest BCUT2D eigenvalue weighted by molar-refractivity contribution is 5.89. The molecule has 11 heteroatoms. The van der Waals surface area contributed by atoms with Crippen molar-refractivity contribution < 1.29 is 27.1 Å². The number of nitrogens with zero attached hydrogens (tertiary/aromatic N) is 3. The van der Waals surface area contributed by atoms with Gasteiger partial charge in [-0.1, -0.05) is 12.1 Å². The number of anilines is 1. The van der Waals surface area contributed by atoms with E-state index in [1.165, 1.54) is 36.7 Å². The van der Waals surface area contributed by atoms with Crippen LogP contribution in [0.1, 0.15) is 63.0 Å². The minimum atomic E-state index is -3.87.